The van der Waals surface area contributed by atoms with Crippen LogP contribution in [-0.4, -0.2) is 20.7 Å². The molecule has 4 nitrogen and oxygen atoms in total. The molecule has 0 aromatic heterocycles. The highest BCUT2D eigenvalue weighted by atomic mass is 32.2. The molecule has 5 heteroatoms. The molecule has 84 valence electrons. The Morgan fingerprint density at radius 1 is 1.44 bits per heavy atom. The normalized spacial score (nSPS) is 18.4. The van der Waals surface area contributed by atoms with E-state index in [4.69, 9.17) is 5.26 Å². The smallest absolute Gasteiger partial charge is 0.235 e. The Morgan fingerprint density at radius 3 is 2.75 bits per heavy atom. The van der Waals surface area contributed by atoms with E-state index in [-0.39, 0.29) is 5.75 Å². The van der Waals surface area contributed by atoms with E-state index in [9.17, 15) is 8.42 Å². The van der Waals surface area contributed by atoms with Crippen molar-refractivity contribution in [1.82, 2.24) is 0 Å². The molecule has 2 rings (SSSR count). The lowest BCUT2D eigenvalue weighted by molar-refractivity contribution is 0.599. The van der Waals surface area contributed by atoms with Gasteiger partial charge in [0.15, 0.2) is 0 Å². The third-order valence-corrected chi connectivity index (χ3v) is 4.59. The summed E-state index contributed by atoms with van der Waals surface area (Å²) in [5.41, 5.74) is 1.77. The molecule has 0 saturated carbocycles. The van der Waals surface area contributed by atoms with Gasteiger partial charge in [0, 0.05) is 6.54 Å². The Bertz CT molecular complexity index is 558. The van der Waals surface area contributed by atoms with Crippen LogP contribution in [0.5, 0.6) is 0 Å². The number of nitrogens with zero attached hydrogens (tertiary/aromatic N) is 2. The molecule has 1 heterocycles. The minimum Gasteiger partial charge on any atom is -0.269 e. The minimum atomic E-state index is -3.21. The monoisotopic (exact) mass is 236 g/mol. The van der Waals surface area contributed by atoms with Gasteiger partial charge in [-0.2, -0.15) is 5.26 Å². The number of sulfonamides is 1. The Hall–Kier alpha value is -1.54. The van der Waals surface area contributed by atoms with Gasteiger partial charge in [-0.25, -0.2) is 8.42 Å². The number of nitriles is 1. The zero-order chi connectivity index (χ0) is 11.8. The van der Waals surface area contributed by atoms with Crippen molar-refractivity contribution in [2.24, 2.45) is 0 Å². The molecule has 1 aliphatic rings. The predicted molar refractivity (Wildman–Crippen MR) is 61.6 cm³/mol. The summed E-state index contributed by atoms with van der Waals surface area (Å²) in [6, 6.07) is 7.35. The lowest BCUT2D eigenvalue weighted by atomic mass is 10.1. The standard InChI is InChI=1S/C11H12N2O2S/c1-9-4-2-5-11(10(9)8-12)13-6-3-7-16(13,14)15/h2,4-5H,3,6-7H2,1H3. The summed E-state index contributed by atoms with van der Waals surface area (Å²) in [5, 5.41) is 9.06. The van der Waals surface area contributed by atoms with Gasteiger partial charge in [-0.3, -0.25) is 4.31 Å². The number of aryl methyl sites for hydroxylation is 1. The zero-order valence-corrected chi connectivity index (χ0v) is 9.79. The second-order valence-corrected chi connectivity index (χ2v) is 5.84. The second kappa shape index (κ2) is 3.80. The maximum absolute atomic E-state index is 11.8. The third-order valence-electron chi connectivity index (χ3n) is 2.73. The second-order valence-electron chi connectivity index (χ2n) is 3.82. The van der Waals surface area contributed by atoms with E-state index in [1.54, 1.807) is 12.1 Å². The van der Waals surface area contributed by atoms with E-state index in [1.807, 2.05) is 13.0 Å². The maximum Gasteiger partial charge on any atom is 0.235 e. The van der Waals surface area contributed by atoms with E-state index in [2.05, 4.69) is 6.07 Å². The van der Waals surface area contributed by atoms with Crippen molar-refractivity contribution >= 4 is 15.7 Å². The van der Waals surface area contributed by atoms with E-state index >= 15 is 0 Å². The lowest BCUT2D eigenvalue weighted by Crippen LogP contribution is -2.26. The van der Waals surface area contributed by atoms with Crippen LogP contribution in [0.3, 0.4) is 0 Å². The van der Waals surface area contributed by atoms with Gasteiger partial charge < -0.3 is 0 Å². The minimum absolute atomic E-state index is 0.172. The maximum atomic E-state index is 11.8. The molecule has 1 saturated heterocycles. The molecule has 0 N–H and O–H groups in total. The predicted octanol–water partition coefficient (Wildman–Crippen LogP) is 1.41. The van der Waals surface area contributed by atoms with Gasteiger partial charge in [0.25, 0.3) is 0 Å². The van der Waals surface area contributed by atoms with Gasteiger partial charge in [-0.1, -0.05) is 12.1 Å². The summed E-state index contributed by atoms with van der Waals surface area (Å²) in [4.78, 5) is 0. The first kappa shape index (κ1) is 11.0. The molecule has 1 fully saturated rings. The molecule has 16 heavy (non-hydrogen) atoms. The fourth-order valence-electron chi connectivity index (χ4n) is 1.92. The highest BCUT2D eigenvalue weighted by Gasteiger charge is 2.30. The SMILES string of the molecule is Cc1cccc(N2CCCS2(=O)=O)c1C#N. The van der Waals surface area contributed by atoms with Crippen LogP contribution in [0.2, 0.25) is 0 Å². The van der Waals surface area contributed by atoms with Crippen LogP contribution >= 0.6 is 0 Å². The van der Waals surface area contributed by atoms with Gasteiger partial charge in [0.05, 0.1) is 17.0 Å². The molecule has 0 radical (unpaired) electrons. The van der Waals surface area contributed by atoms with E-state index in [0.717, 1.165) is 5.56 Å². The molecule has 0 amide bonds. The molecular formula is C11H12N2O2S. The average molecular weight is 236 g/mol. The van der Waals surface area contributed by atoms with Crippen molar-refractivity contribution in [2.75, 3.05) is 16.6 Å². The first-order chi connectivity index (χ1) is 7.56. The van der Waals surface area contributed by atoms with Gasteiger partial charge in [0.2, 0.25) is 10.0 Å². The van der Waals surface area contributed by atoms with Crippen LogP contribution in [0.25, 0.3) is 0 Å². The summed E-state index contributed by atoms with van der Waals surface area (Å²) < 4.78 is 24.9. The van der Waals surface area contributed by atoms with E-state index in [1.165, 1.54) is 4.31 Å². The van der Waals surface area contributed by atoms with Gasteiger partial charge in [-0.05, 0) is 25.0 Å². The highest BCUT2D eigenvalue weighted by molar-refractivity contribution is 7.93. The van der Waals surface area contributed by atoms with Crippen LogP contribution in [0.1, 0.15) is 17.5 Å². The van der Waals surface area contributed by atoms with Crippen molar-refractivity contribution in [1.29, 1.82) is 5.26 Å². The first-order valence-electron chi connectivity index (χ1n) is 5.06. The fourth-order valence-corrected chi connectivity index (χ4v) is 3.49. The fraction of sp³-hybridized carbons (Fsp3) is 0.364. The molecule has 0 spiro atoms. The van der Waals surface area contributed by atoms with Crippen molar-refractivity contribution in [3.63, 3.8) is 0 Å². The molecule has 0 bridgehead atoms. The number of hydrogen-bond acceptors (Lipinski definition) is 3. The zero-order valence-electron chi connectivity index (χ0n) is 8.97. The van der Waals surface area contributed by atoms with Crippen LogP contribution in [0, 0.1) is 18.3 Å². The summed E-state index contributed by atoms with van der Waals surface area (Å²) in [6.07, 6.45) is 0.626. The van der Waals surface area contributed by atoms with Crippen LogP contribution < -0.4 is 4.31 Å². The van der Waals surface area contributed by atoms with Crippen LogP contribution in [0.4, 0.5) is 5.69 Å². The largest absolute Gasteiger partial charge is 0.269 e. The molecule has 0 aliphatic carbocycles. The molecule has 1 aromatic carbocycles. The Kier molecular flexibility index (Phi) is 2.60. The first-order valence-corrected chi connectivity index (χ1v) is 6.67. The summed E-state index contributed by atoms with van der Waals surface area (Å²) in [7, 11) is -3.21. The number of benzene rings is 1. The Morgan fingerprint density at radius 2 is 2.19 bits per heavy atom. The summed E-state index contributed by atoms with van der Waals surface area (Å²) in [6.45, 7) is 2.28. The molecule has 1 aromatic rings. The molecular weight excluding hydrogens is 224 g/mol. The number of hydrogen-bond donors (Lipinski definition) is 0. The van der Waals surface area contributed by atoms with Crippen LogP contribution in [-0.2, 0) is 10.0 Å². The van der Waals surface area contributed by atoms with Gasteiger partial charge >= 0.3 is 0 Å². The summed E-state index contributed by atoms with van der Waals surface area (Å²) >= 11 is 0. The Labute approximate surface area is 95.2 Å². The molecule has 0 unspecified atom stereocenters. The highest BCUT2D eigenvalue weighted by Crippen LogP contribution is 2.28. The van der Waals surface area contributed by atoms with Gasteiger partial charge in [-0.15, -0.1) is 0 Å². The quantitative estimate of drug-likeness (QED) is 0.740. The van der Waals surface area contributed by atoms with Gasteiger partial charge in [0.1, 0.15) is 6.07 Å². The average Bonchev–Trinajstić information content (AvgIpc) is 2.57. The molecule has 1 aliphatic heterocycles. The van der Waals surface area contributed by atoms with Crippen molar-refractivity contribution < 1.29 is 8.42 Å². The number of anilines is 1. The topological polar surface area (TPSA) is 61.2 Å². The van der Waals surface area contributed by atoms with Crippen molar-refractivity contribution in [3.05, 3.63) is 29.3 Å². The lowest BCUT2D eigenvalue weighted by Gasteiger charge is -2.18. The van der Waals surface area contributed by atoms with E-state index in [0.29, 0.717) is 24.2 Å². The van der Waals surface area contributed by atoms with E-state index < -0.39 is 10.0 Å². The van der Waals surface area contributed by atoms with Crippen molar-refractivity contribution in [2.45, 2.75) is 13.3 Å². The van der Waals surface area contributed by atoms with Crippen molar-refractivity contribution in [3.8, 4) is 6.07 Å². The van der Waals surface area contributed by atoms with Crippen LogP contribution in [0.15, 0.2) is 18.2 Å². The Balaban J connectivity index is 2.58. The summed E-state index contributed by atoms with van der Waals surface area (Å²) in [5.74, 6) is 0.172. The molecule has 0 atom stereocenters. The number of rotatable bonds is 1. The third kappa shape index (κ3) is 1.65.